The first-order valence-corrected chi connectivity index (χ1v) is 36.3. The Balaban J connectivity index is 2.45. The molecule has 3 N–H and O–H groups in total. The van der Waals surface area contributed by atoms with Crippen LogP contribution >= 0.6 is 0 Å². The maximum Gasteiger partial charge on any atom is 0.408 e. The van der Waals surface area contributed by atoms with Crippen molar-refractivity contribution in [2.75, 3.05) is 27.0 Å². The van der Waals surface area contributed by atoms with Gasteiger partial charge in [0.1, 0.15) is 36.4 Å². The molecule has 480 valence electrons. The first-order valence-electron chi connectivity index (χ1n) is 30.5. The summed E-state index contributed by atoms with van der Waals surface area (Å²) in [5.74, 6) is -5.26. The van der Waals surface area contributed by atoms with Gasteiger partial charge in [0.25, 0.3) is 5.91 Å². The number of esters is 3. The molecule has 84 heavy (non-hydrogen) atoms. The van der Waals surface area contributed by atoms with Gasteiger partial charge in [0, 0.05) is 28.3 Å². The highest BCUT2D eigenvalue weighted by Crippen LogP contribution is 2.44. The lowest BCUT2D eigenvalue weighted by atomic mass is 9.96. The summed E-state index contributed by atoms with van der Waals surface area (Å²) in [6.45, 7) is 40.8. The Bertz CT molecular complexity index is 2250. The molecule has 1 fully saturated rings. The topological polar surface area (TPSA) is 244 Å². The second-order valence-corrected chi connectivity index (χ2v) is 38.4. The molecule has 5 amide bonds. The van der Waals surface area contributed by atoms with Gasteiger partial charge in [-0.15, -0.1) is 0 Å². The Morgan fingerprint density at radius 1 is 0.714 bits per heavy atom. The summed E-state index contributed by atoms with van der Waals surface area (Å²) < 4.78 is 41.3. The molecule has 1 aromatic carbocycles. The highest BCUT2D eigenvalue weighted by Gasteiger charge is 2.49. The molecule has 2 rings (SSSR count). The Morgan fingerprint density at radius 3 is 1.81 bits per heavy atom. The fourth-order valence-electron chi connectivity index (χ4n) is 10.8. The number of carbonyl (C=O) groups excluding carboxylic acids is 8. The van der Waals surface area contributed by atoms with Crippen LogP contribution in [0.5, 0.6) is 0 Å². The van der Waals surface area contributed by atoms with Crippen LogP contribution in [-0.2, 0) is 68.2 Å². The number of nitrogens with one attached hydrogen (secondary N) is 3. The standard InChI is InChI=1S/C62H109N5O15Si2/c1-38(2)33-47(63-55(69)54(41(7)8)80-51(68)35-50(82-84(42(9)10,43(11)12)44(13)14)52(40(5)6)64-60(74)77-36-46-27-24-23-25-28-46)56(70)67-30-26-29-48(67)57(71)66(19)49(34-39(3)4)58(72)79-45(15)53(65-61(75)81-62(16,17)18)59(73)78-37-76-31-32-83(20,21)22/h23-25,27-28,38-45,47-50,52-54H,26,29-37H2,1-22H3,(H,63,69)(H,64,74)(H,65,75)/t45-,47+,48+,49+,50+,52-,53+,54+/m1/s1. The monoisotopic (exact) mass is 1220 g/mol. The molecule has 0 aromatic heterocycles. The molecule has 1 saturated heterocycles. The summed E-state index contributed by atoms with van der Waals surface area (Å²) in [6, 6.07) is 4.59. The summed E-state index contributed by atoms with van der Waals surface area (Å²) in [6.07, 6.45) is -4.36. The zero-order chi connectivity index (χ0) is 64.2. The lowest BCUT2D eigenvalue weighted by Crippen LogP contribution is -2.58. The minimum atomic E-state index is -2.72. The van der Waals surface area contributed by atoms with Crippen molar-refractivity contribution in [3.05, 3.63) is 35.9 Å². The number of alkyl carbamates (subject to hydrolysis) is 2. The minimum absolute atomic E-state index is 0.0390. The van der Waals surface area contributed by atoms with Crippen molar-refractivity contribution in [2.24, 2.45) is 23.7 Å². The van der Waals surface area contributed by atoms with E-state index in [1.165, 1.54) is 23.8 Å². The third-order valence-electron chi connectivity index (χ3n) is 15.1. The van der Waals surface area contributed by atoms with Gasteiger partial charge >= 0.3 is 30.1 Å². The number of carbonyl (C=O) groups is 8. The van der Waals surface area contributed by atoms with E-state index in [4.69, 9.17) is 32.8 Å². The Morgan fingerprint density at radius 2 is 1.30 bits per heavy atom. The van der Waals surface area contributed by atoms with Gasteiger partial charge in [0.05, 0.1) is 18.6 Å². The first-order chi connectivity index (χ1) is 38.8. The van der Waals surface area contributed by atoms with Crippen LogP contribution in [0.4, 0.5) is 9.59 Å². The van der Waals surface area contributed by atoms with E-state index in [0.717, 1.165) is 11.6 Å². The maximum absolute atomic E-state index is 14.8. The second kappa shape index (κ2) is 34.3. The van der Waals surface area contributed by atoms with Crippen LogP contribution in [0.1, 0.15) is 162 Å². The molecule has 0 saturated carbocycles. The van der Waals surface area contributed by atoms with E-state index >= 15 is 0 Å². The van der Waals surface area contributed by atoms with Gasteiger partial charge in [-0.05, 0) is 105 Å². The van der Waals surface area contributed by atoms with Gasteiger partial charge in [0.15, 0.2) is 18.9 Å². The third-order valence-corrected chi connectivity index (χ3v) is 22.9. The van der Waals surface area contributed by atoms with Crippen LogP contribution in [0, 0.1) is 23.7 Å². The molecule has 1 aliphatic rings. The van der Waals surface area contributed by atoms with Crippen molar-refractivity contribution in [1.29, 1.82) is 0 Å². The predicted molar refractivity (Wildman–Crippen MR) is 330 cm³/mol. The number of hydrogen-bond acceptors (Lipinski definition) is 15. The molecule has 0 aliphatic carbocycles. The number of likely N-dealkylation sites (tertiary alicyclic amines) is 1. The quantitative estimate of drug-likeness (QED) is 0.0195. The molecule has 0 spiro atoms. The number of rotatable bonds is 33. The van der Waals surface area contributed by atoms with E-state index in [1.807, 2.05) is 71.9 Å². The molecule has 0 radical (unpaired) electrons. The first kappa shape index (κ1) is 75.0. The van der Waals surface area contributed by atoms with Crippen LogP contribution in [0.2, 0.25) is 42.3 Å². The highest BCUT2D eigenvalue weighted by molar-refractivity contribution is 6.77. The average Bonchev–Trinajstić information content (AvgIpc) is 2.71. The van der Waals surface area contributed by atoms with Crippen molar-refractivity contribution in [2.45, 2.75) is 260 Å². The zero-order valence-electron chi connectivity index (χ0n) is 55.1. The predicted octanol–water partition coefficient (Wildman–Crippen LogP) is 10.5. The van der Waals surface area contributed by atoms with Crippen LogP contribution in [-0.4, -0.2) is 155 Å². The van der Waals surface area contributed by atoms with Crippen molar-refractivity contribution >= 4 is 64.2 Å². The van der Waals surface area contributed by atoms with E-state index < -0.39 is 131 Å². The summed E-state index contributed by atoms with van der Waals surface area (Å²) in [5, 5.41) is 8.40. The lowest BCUT2D eigenvalue weighted by molar-refractivity contribution is -0.169. The molecule has 8 atom stereocenters. The molecule has 1 aromatic rings. The van der Waals surface area contributed by atoms with Crippen molar-refractivity contribution in [1.82, 2.24) is 25.8 Å². The van der Waals surface area contributed by atoms with Gasteiger partial charge in [-0.2, -0.15) is 0 Å². The Labute approximate surface area is 505 Å². The van der Waals surface area contributed by atoms with Crippen LogP contribution in [0.15, 0.2) is 30.3 Å². The summed E-state index contributed by atoms with van der Waals surface area (Å²) >= 11 is 0. The van der Waals surface area contributed by atoms with E-state index in [0.29, 0.717) is 13.0 Å². The van der Waals surface area contributed by atoms with E-state index in [2.05, 4.69) is 77.1 Å². The van der Waals surface area contributed by atoms with Crippen LogP contribution in [0.3, 0.4) is 0 Å². The molecule has 1 aliphatic heterocycles. The van der Waals surface area contributed by atoms with Crippen molar-refractivity contribution in [3.8, 4) is 0 Å². The van der Waals surface area contributed by atoms with E-state index in [1.54, 1.807) is 34.6 Å². The average molecular weight is 1220 g/mol. The maximum atomic E-state index is 14.8. The third kappa shape index (κ3) is 24.4. The fourth-order valence-corrected chi connectivity index (χ4v) is 17.1. The van der Waals surface area contributed by atoms with E-state index in [-0.39, 0.29) is 73.2 Å². The molecular weight excluding hydrogens is 1110 g/mol. The molecule has 0 unspecified atom stereocenters. The zero-order valence-corrected chi connectivity index (χ0v) is 57.1. The van der Waals surface area contributed by atoms with E-state index in [9.17, 15) is 38.4 Å². The largest absolute Gasteiger partial charge is 0.458 e. The SMILES string of the molecule is CC(C)C[C@H](NC(=O)[C@@H](OC(=O)C[C@H](O[Si](C(C)C)(C(C)C)C(C)C)[C@H](NC(=O)OCc1ccccc1)C(C)C)C(C)C)C(=O)N1CCC[C@H]1C(=O)N(C)[C@@H](CC(C)C)C(=O)O[C@H](C)[C@H](NC(=O)OC(C)(C)C)C(=O)OCOCC[Si](C)(C)C. The smallest absolute Gasteiger partial charge is 0.408 e. The number of benzene rings is 1. The van der Waals surface area contributed by atoms with Crippen LogP contribution in [0.25, 0.3) is 0 Å². The van der Waals surface area contributed by atoms with Gasteiger partial charge in [0.2, 0.25) is 20.1 Å². The number of ether oxygens (including phenoxy) is 6. The van der Waals surface area contributed by atoms with Gasteiger partial charge in [-0.25, -0.2) is 19.2 Å². The molecule has 20 nitrogen and oxygen atoms in total. The number of amides is 5. The molecule has 22 heteroatoms. The normalized spacial score (nSPS) is 16.7. The molecule has 1 heterocycles. The van der Waals surface area contributed by atoms with Gasteiger partial charge in [-0.3, -0.25) is 19.2 Å². The minimum Gasteiger partial charge on any atom is -0.458 e. The molecular formula is C62H109N5O15Si2. The van der Waals surface area contributed by atoms with Crippen molar-refractivity contribution < 1.29 is 71.2 Å². The number of hydrogen-bond donors (Lipinski definition) is 3. The summed E-state index contributed by atoms with van der Waals surface area (Å²) in [4.78, 5) is 116. The van der Waals surface area contributed by atoms with Gasteiger partial charge in [-0.1, -0.05) is 147 Å². The van der Waals surface area contributed by atoms with Crippen LogP contribution < -0.4 is 16.0 Å². The summed E-state index contributed by atoms with van der Waals surface area (Å²) in [5.41, 5.74) is 0.263. The van der Waals surface area contributed by atoms with Crippen molar-refractivity contribution in [3.63, 3.8) is 0 Å². The highest BCUT2D eigenvalue weighted by atomic mass is 28.4. The van der Waals surface area contributed by atoms with Gasteiger partial charge < -0.3 is 58.6 Å². The number of nitrogens with zero attached hydrogens (tertiary/aromatic N) is 2. The second-order valence-electron chi connectivity index (χ2n) is 27.3. The molecule has 0 bridgehead atoms. The number of likely N-dealkylation sites (N-methyl/N-ethyl adjacent to an activating group) is 1. The fraction of sp³-hybridized carbons (Fsp3) is 0.774. The Hall–Kier alpha value is -5.07. The summed E-state index contributed by atoms with van der Waals surface area (Å²) in [7, 11) is -2.70. The lowest BCUT2D eigenvalue weighted by Gasteiger charge is -2.46. The Kier molecular flexibility index (Phi) is 30.7.